The van der Waals surface area contributed by atoms with Crippen molar-refractivity contribution in [3.63, 3.8) is 0 Å². The van der Waals surface area contributed by atoms with E-state index < -0.39 is 0 Å². The molecule has 0 saturated carbocycles. The molecule has 2 heterocycles. The summed E-state index contributed by atoms with van der Waals surface area (Å²) in [5.74, 6) is 0.543. The number of rotatable bonds is 5. The van der Waals surface area contributed by atoms with Crippen molar-refractivity contribution in [3.05, 3.63) is 53.3 Å². The molecule has 1 aliphatic rings. The standard InChI is InChI=1S/C18H23N5O/c1-22(2)10-8-19-17(24)16-11-20-18(21-12-16)23-9-7-14-5-3-4-6-15(14)13-23/h3-6,11-12H,7-10,13H2,1-2H3,(H,19,24). The molecule has 0 unspecified atom stereocenters. The number of fused-ring (bicyclic) bond motifs is 1. The quantitative estimate of drug-likeness (QED) is 0.899. The highest BCUT2D eigenvalue weighted by Crippen LogP contribution is 2.21. The summed E-state index contributed by atoms with van der Waals surface area (Å²) < 4.78 is 0. The molecule has 0 fully saturated rings. The maximum absolute atomic E-state index is 12.1. The number of likely N-dealkylation sites (N-methyl/N-ethyl adjacent to an activating group) is 1. The van der Waals surface area contributed by atoms with Crippen LogP contribution < -0.4 is 10.2 Å². The van der Waals surface area contributed by atoms with Crippen LogP contribution in [0.3, 0.4) is 0 Å². The molecular formula is C18H23N5O. The van der Waals surface area contributed by atoms with Crippen LogP contribution in [0.4, 0.5) is 5.95 Å². The Morgan fingerprint density at radius 2 is 1.92 bits per heavy atom. The van der Waals surface area contributed by atoms with Crippen molar-refractivity contribution in [2.75, 3.05) is 38.6 Å². The van der Waals surface area contributed by atoms with Gasteiger partial charge in [0.15, 0.2) is 0 Å². The fraction of sp³-hybridized carbons (Fsp3) is 0.389. The van der Waals surface area contributed by atoms with E-state index in [1.54, 1.807) is 12.4 Å². The first-order valence-corrected chi connectivity index (χ1v) is 8.20. The molecule has 1 N–H and O–H groups in total. The minimum atomic E-state index is -0.132. The van der Waals surface area contributed by atoms with E-state index in [-0.39, 0.29) is 5.91 Å². The Morgan fingerprint density at radius 3 is 2.62 bits per heavy atom. The number of nitrogens with one attached hydrogen (secondary N) is 1. The maximum atomic E-state index is 12.1. The van der Waals surface area contributed by atoms with E-state index in [4.69, 9.17) is 0 Å². The fourth-order valence-corrected chi connectivity index (χ4v) is 2.76. The lowest BCUT2D eigenvalue weighted by atomic mass is 10.0. The zero-order valence-electron chi connectivity index (χ0n) is 14.2. The van der Waals surface area contributed by atoms with E-state index in [0.717, 1.165) is 26.1 Å². The number of amides is 1. The van der Waals surface area contributed by atoms with Gasteiger partial charge in [0.2, 0.25) is 5.95 Å². The van der Waals surface area contributed by atoms with Gasteiger partial charge in [-0.3, -0.25) is 4.79 Å². The molecule has 0 saturated heterocycles. The van der Waals surface area contributed by atoms with Crippen LogP contribution in [0, 0.1) is 0 Å². The van der Waals surface area contributed by atoms with Crippen LogP contribution in [0.25, 0.3) is 0 Å². The SMILES string of the molecule is CN(C)CCNC(=O)c1cnc(N2CCc3ccccc3C2)nc1. The summed E-state index contributed by atoms with van der Waals surface area (Å²) in [7, 11) is 3.95. The number of aromatic nitrogens is 2. The largest absolute Gasteiger partial charge is 0.351 e. The van der Waals surface area contributed by atoms with Gasteiger partial charge in [-0.05, 0) is 31.6 Å². The molecule has 24 heavy (non-hydrogen) atoms. The zero-order chi connectivity index (χ0) is 16.9. The number of carbonyl (C=O) groups excluding carboxylic acids is 1. The van der Waals surface area contributed by atoms with Gasteiger partial charge in [0.1, 0.15) is 0 Å². The summed E-state index contributed by atoms with van der Waals surface area (Å²) in [6, 6.07) is 8.46. The first-order chi connectivity index (χ1) is 11.6. The topological polar surface area (TPSA) is 61.4 Å². The Kier molecular flexibility index (Phi) is 5.05. The van der Waals surface area contributed by atoms with Gasteiger partial charge in [-0.25, -0.2) is 9.97 Å². The normalized spacial score (nSPS) is 13.7. The molecule has 0 bridgehead atoms. The molecule has 0 spiro atoms. The summed E-state index contributed by atoms with van der Waals surface area (Å²) in [6.07, 6.45) is 4.20. The van der Waals surface area contributed by atoms with Crippen molar-refractivity contribution in [2.45, 2.75) is 13.0 Å². The predicted octanol–water partition coefficient (Wildman–Crippen LogP) is 1.33. The molecular weight excluding hydrogens is 302 g/mol. The third-order valence-electron chi connectivity index (χ3n) is 4.16. The van der Waals surface area contributed by atoms with Gasteiger partial charge in [-0.2, -0.15) is 0 Å². The van der Waals surface area contributed by atoms with Crippen LogP contribution in [0.15, 0.2) is 36.7 Å². The third-order valence-corrected chi connectivity index (χ3v) is 4.16. The lowest BCUT2D eigenvalue weighted by Crippen LogP contribution is -2.33. The average Bonchev–Trinajstić information content (AvgIpc) is 2.61. The summed E-state index contributed by atoms with van der Waals surface area (Å²) in [5, 5.41) is 2.87. The predicted molar refractivity (Wildman–Crippen MR) is 94.1 cm³/mol. The highest BCUT2D eigenvalue weighted by atomic mass is 16.1. The van der Waals surface area contributed by atoms with E-state index >= 15 is 0 Å². The summed E-state index contributed by atoms with van der Waals surface area (Å²) in [4.78, 5) is 25.0. The van der Waals surface area contributed by atoms with Gasteiger partial charge in [0.05, 0.1) is 5.56 Å². The Hall–Kier alpha value is -2.47. The highest BCUT2D eigenvalue weighted by molar-refractivity contribution is 5.93. The van der Waals surface area contributed by atoms with E-state index in [2.05, 4.69) is 44.5 Å². The lowest BCUT2D eigenvalue weighted by molar-refractivity contribution is 0.0950. The molecule has 1 amide bonds. The maximum Gasteiger partial charge on any atom is 0.254 e. The van der Waals surface area contributed by atoms with Crippen molar-refractivity contribution in [1.82, 2.24) is 20.2 Å². The summed E-state index contributed by atoms with van der Waals surface area (Å²) >= 11 is 0. The van der Waals surface area contributed by atoms with Crippen molar-refractivity contribution in [1.29, 1.82) is 0 Å². The lowest BCUT2D eigenvalue weighted by Gasteiger charge is -2.28. The summed E-state index contributed by atoms with van der Waals surface area (Å²) in [5.41, 5.74) is 3.21. The molecule has 126 valence electrons. The molecule has 0 radical (unpaired) electrons. The zero-order valence-corrected chi connectivity index (χ0v) is 14.2. The summed E-state index contributed by atoms with van der Waals surface area (Å²) in [6.45, 7) is 3.12. The fourth-order valence-electron chi connectivity index (χ4n) is 2.76. The molecule has 6 heteroatoms. The van der Waals surface area contributed by atoms with E-state index in [9.17, 15) is 4.79 Å². The van der Waals surface area contributed by atoms with Gasteiger partial charge in [-0.15, -0.1) is 0 Å². The van der Waals surface area contributed by atoms with Gasteiger partial charge < -0.3 is 15.1 Å². The first-order valence-electron chi connectivity index (χ1n) is 8.20. The van der Waals surface area contributed by atoms with Gasteiger partial charge >= 0.3 is 0 Å². The number of benzene rings is 1. The van der Waals surface area contributed by atoms with Gasteiger partial charge in [-0.1, -0.05) is 24.3 Å². The first kappa shape index (κ1) is 16.4. The molecule has 6 nitrogen and oxygen atoms in total. The van der Waals surface area contributed by atoms with Crippen LogP contribution in [0.1, 0.15) is 21.5 Å². The molecule has 0 aliphatic carbocycles. The highest BCUT2D eigenvalue weighted by Gasteiger charge is 2.18. The van der Waals surface area contributed by atoms with Gasteiger partial charge in [0, 0.05) is 38.6 Å². The Balaban J connectivity index is 1.62. The third kappa shape index (κ3) is 3.89. The average molecular weight is 325 g/mol. The minimum absolute atomic E-state index is 0.132. The number of anilines is 1. The number of hydrogen-bond acceptors (Lipinski definition) is 5. The van der Waals surface area contributed by atoms with Crippen LogP contribution in [-0.2, 0) is 13.0 Å². The van der Waals surface area contributed by atoms with Crippen LogP contribution >= 0.6 is 0 Å². The van der Waals surface area contributed by atoms with Crippen LogP contribution in [0.5, 0.6) is 0 Å². The van der Waals surface area contributed by atoms with Crippen molar-refractivity contribution >= 4 is 11.9 Å². The second-order valence-electron chi connectivity index (χ2n) is 6.27. The van der Waals surface area contributed by atoms with Crippen molar-refractivity contribution in [2.24, 2.45) is 0 Å². The molecule has 1 aromatic heterocycles. The van der Waals surface area contributed by atoms with Gasteiger partial charge in [0.25, 0.3) is 5.91 Å². The number of nitrogens with zero attached hydrogens (tertiary/aromatic N) is 4. The monoisotopic (exact) mass is 325 g/mol. The van der Waals surface area contributed by atoms with Crippen molar-refractivity contribution < 1.29 is 4.79 Å². The van der Waals surface area contributed by atoms with Crippen molar-refractivity contribution in [3.8, 4) is 0 Å². The molecule has 0 atom stereocenters. The Bertz CT molecular complexity index is 699. The smallest absolute Gasteiger partial charge is 0.254 e. The van der Waals surface area contributed by atoms with Crippen LogP contribution in [-0.4, -0.2) is 54.5 Å². The Morgan fingerprint density at radius 1 is 1.21 bits per heavy atom. The Labute approximate surface area is 142 Å². The second-order valence-corrected chi connectivity index (χ2v) is 6.27. The second kappa shape index (κ2) is 7.40. The minimum Gasteiger partial charge on any atom is -0.351 e. The molecule has 1 aliphatic heterocycles. The molecule has 1 aromatic carbocycles. The van der Waals surface area contributed by atoms with Crippen LogP contribution in [0.2, 0.25) is 0 Å². The molecule has 3 rings (SSSR count). The van der Waals surface area contributed by atoms with E-state index in [1.807, 2.05) is 19.0 Å². The number of carbonyl (C=O) groups is 1. The van der Waals surface area contributed by atoms with E-state index in [1.165, 1.54) is 11.1 Å². The molecule has 2 aromatic rings. The van der Waals surface area contributed by atoms with E-state index in [0.29, 0.717) is 18.1 Å². The number of hydrogen-bond donors (Lipinski definition) is 1.